The largest absolute Gasteiger partial charge is 0.508 e. The third kappa shape index (κ3) is 3.78. The lowest BCUT2D eigenvalue weighted by Gasteiger charge is -2.08. The molecule has 0 aliphatic carbocycles. The van der Waals surface area contributed by atoms with Crippen LogP contribution in [0, 0.1) is 10.1 Å². The van der Waals surface area contributed by atoms with Crippen LogP contribution in [0.5, 0.6) is 5.75 Å². The van der Waals surface area contributed by atoms with Crippen LogP contribution in [0.2, 0.25) is 0 Å². The van der Waals surface area contributed by atoms with Crippen molar-refractivity contribution in [2.45, 2.75) is 13.0 Å². The van der Waals surface area contributed by atoms with Gasteiger partial charge in [0.2, 0.25) is 5.13 Å². The number of azo groups is 1. The van der Waals surface area contributed by atoms with Crippen LogP contribution in [0.15, 0.2) is 69.2 Å². The fourth-order valence-electron chi connectivity index (χ4n) is 2.74. The molecule has 150 valence electrons. The minimum absolute atomic E-state index is 0.0390. The zero-order valence-electron chi connectivity index (χ0n) is 15.5. The number of amides is 1. The summed E-state index contributed by atoms with van der Waals surface area (Å²) in [5.74, 6) is -0.284. The van der Waals surface area contributed by atoms with Gasteiger partial charge in [0.25, 0.3) is 11.6 Å². The van der Waals surface area contributed by atoms with Crippen LogP contribution in [0.25, 0.3) is 11.3 Å². The summed E-state index contributed by atoms with van der Waals surface area (Å²) in [6, 6.07) is 11.3. The van der Waals surface area contributed by atoms with Crippen LogP contribution in [0.1, 0.15) is 6.92 Å². The number of aromatic nitrogens is 1. The molecule has 1 atom stereocenters. The quantitative estimate of drug-likeness (QED) is 0.372. The van der Waals surface area contributed by atoms with Gasteiger partial charge in [0.15, 0.2) is 6.04 Å². The van der Waals surface area contributed by atoms with Gasteiger partial charge in [0.05, 0.1) is 22.0 Å². The lowest BCUT2D eigenvalue weighted by Crippen LogP contribution is -2.29. The number of hydrogen-bond acceptors (Lipinski definition) is 9. The molecule has 1 unspecified atom stereocenters. The van der Waals surface area contributed by atoms with Crippen LogP contribution in [0.3, 0.4) is 0 Å². The molecule has 1 aliphatic heterocycles. The molecular formula is C19H14N6O4S. The molecule has 1 N–H and O–H groups in total. The maximum atomic E-state index is 12.8. The number of carbonyl (C=O) groups is 1. The lowest BCUT2D eigenvalue weighted by molar-refractivity contribution is -0.384. The molecule has 2 aromatic carbocycles. The fourth-order valence-corrected chi connectivity index (χ4v) is 3.53. The summed E-state index contributed by atoms with van der Waals surface area (Å²) < 4.78 is 0. The van der Waals surface area contributed by atoms with E-state index in [-0.39, 0.29) is 11.4 Å². The van der Waals surface area contributed by atoms with Gasteiger partial charge in [-0.05, 0) is 31.2 Å². The number of nitro groups is 1. The average molecular weight is 422 g/mol. The molecule has 3 aromatic rings. The van der Waals surface area contributed by atoms with Crippen molar-refractivity contribution in [3.8, 4) is 17.0 Å². The number of nitrogens with zero attached hydrogens (tertiary/aromatic N) is 6. The van der Waals surface area contributed by atoms with Crippen LogP contribution in [-0.2, 0) is 4.79 Å². The van der Waals surface area contributed by atoms with E-state index in [9.17, 15) is 20.0 Å². The number of anilines is 1. The fraction of sp³-hybridized carbons (Fsp3) is 0.105. The van der Waals surface area contributed by atoms with E-state index < -0.39 is 16.9 Å². The summed E-state index contributed by atoms with van der Waals surface area (Å²) in [7, 11) is 0. The molecule has 1 aromatic heterocycles. The third-order valence-electron chi connectivity index (χ3n) is 4.26. The molecule has 0 saturated carbocycles. The highest BCUT2D eigenvalue weighted by molar-refractivity contribution is 7.14. The first-order chi connectivity index (χ1) is 14.4. The van der Waals surface area contributed by atoms with Crippen molar-refractivity contribution in [1.29, 1.82) is 0 Å². The molecule has 4 rings (SSSR count). The van der Waals surface area contributed by atoms with Crippen molar-refractivity contribution >= 4 is 39.5 Å². The van der Waals surface area contributed by atoms with E-state index in [4.69, 9.17) is 0 Å². The summed E-state index contributed by atoms with van der Waals surface area (Å²) in [6.07, 6.45) is 0. The topological polar surface area (TPSA) is 134 Å². The Morgan fingerprint density at radius 1 is 1.23 bits per heavy atom. The van der Waals surface area contributed by atoms with Crippen molar-refractivity contribution in [3.63, 3.8) is 0 Å². The van der Waals surface area contributed by atoms with Crippen LogP contribution in [-0.4, -0.2) is 32.7 Å². The molecule has 1 amide bonds. The number of carbonyl (C=O) groups excluding carboxylic acids is 1. The van der Waals surface area contributed by atoms with Crippen molar-refractivity contribution < 1.29 is 14.8 Å². The van der Waals surface area contributed by atoms with Crippen LogP contribution in [0.4, 0.5) is 16.5 Å². The van der Waals surface area contributed by atoms with E-state index in [2.05, 4.69) is 20.3 Å². The second-order valence-corrected chi connectivity index (χ2v) is 7.19. The molecule has 0 saturated heterocycles. The molecule has 0 spiro atoms. The number of hydrogen-bond donors (Lipinski definition) is 1. The van der Waals surface area contributed by atoms with E-state index in [0.29, 0.717) is 27.8 Å². The monoisotopic (exact) mass is 422 g/mol. The number of aromatic hydroxyl groups is 1. The Bertz CT molecular complexity index is 1190. The van der Waals surface area contributed by atoms with E-state index in [1.165, 1.54) is 40.6 Å². The van der Waals surface area contributed by atoms with Gasteiger partial charge in [0, 0.05) is 23.1 Å². The van der Waals surface area contributed by atoms with Crippen molar-refractivity contribution in [2.24, 2.45) is 15.3 Å². The highest BCUT2D eigenvalue weighted by Gasteiger charge is 2.36. The Balaban J connectivity index is 1.54. The molecule has 0 bridgehead atoms. The Morgan fingerprint density at radius 2 is 2.00 bits per heavy atom. The first kappa shape index (κ1) is 19.3. The third-order valence-corrected chi connectivity index (χ3v) is 5.08. The summed E-state index contributed by atoms with van der Waals surface area (Å²) in [6.45, 7) is 1.67. The molecule has 2 heterocycles. The van der Waals surface area contributed by atoms with Crippen LogP contribution >= 0.6 is 11.3 Å². The predicted octanol–water partition coefficient (Wildman–Crippen LogP) is 4.30. The molecule has 11 heteroatoms. The summed E-state index contributed by atoms with van der Waals surface area (Å²) in [5, 5.41) is 35.9. The zero-order valence-corrected chi connectivity index (χ0v) is 16.4. The normalized spacial score (nSPS) is 16.3. The van der Waals surface area contributed by atoms with E-state index in [0.717, 1.165) is 0 Å². The van der Waals surface area contributed by atoms with Crippen LogP contribution < -0.4 is 5.01 Å². The van der Waals surface area contributed by atoms with Gasteiger partial charge in [-0.1, -0.05) is 12.1 Å². The van der Waals surface area contributed by atoms with Gasteiger partial charge in [0.1, 0.15) is 5.75 Å². The summed E-state index contributed by atoms with van der Waals surface area (Å²) >= 11 is 1.20. The molecule has 10 nitrogen and oxygen atoms in total. The molecule has 30 heavy (non-hydrogen) atoms. The van der Waals surface area contributed by atoms with Gasteiger partial charge in [-0.3, -0.25) is 14.9 Å². The smallest absolute Gasteiger partial charge is 0.282 e. The van der Waals surface area contributed by atoms with E-state index in [1.54, 1.807) is 36.6 Å². The van der Waals surface area contributed by atoms with E-state index in [1.807, 2.05) is 0 Å². The Kier molecular flexibility index (Phi) is 5.02. The number of non-ortho nitro benzene ring substituents is 1. The summed E-state index contributed by atoms with van der Waals surface area (Å²) in [5.41, 5.74) is 2.00. The predicted molar refractivity (Wildman–Crippen MR) is 111 cm³/mol. The lowest BCUT2D eigenvalue weighted by atomic mass is 10.1. The number of hydrazone groups is 1. The van der Waals surface area contributed by atoms with E-state index >= 15 is 0 Å². The Hall–Kier alpha value is -3.99. The Labute approximate surface area is 174 Å². The van der Waals surface area contributed by atoms with Gasteiger partial charge in [-0.15, -0.1) is 11.3 Å². The first-order valence-electron chi connectivity index (χ1n) is 8.71. The van der Waals surface area contributed by atoms with Crippen molar-refractivity contribution in [3.05, 3.63) is 64.0 Å². The van der Waals surface area contributed by atoms with Crippen molar-refractivity contribution in [1.82, 2.24) is 4.98 Å². The number of nitro benzene ring substituents is 1. The number of phenols is 1. The number of thiazole rings is 1. The average Bonchev–Trinajstić information content (AvgIpc) is 3.33. The summed E-state index contributed by atoms with van der Waals surface area (Å²) in [4.78, 5) is 27.7. The SMILES string of the molecule is CC1=NN(c2nc(-c3cccc([N+](=O)[O-])c3)cs2)C(=O)C1N=Nc1ccc(O)cc1. The van der Waals surface area contributed by atoms with Crippen molar-refractivity contribution in [2.75, 3.05) is 5.01 Å². The maximum absolute atomic E-state index is 12.8. The number of rotatable bonds is 5. The van der Waals surface area contributed by atoms with Gasteiger partial charge in [-0.25, -0.2) is 4.98 Å². The molecule has 0 radical (unpaired) electrons. The standard InChI is InChI=1S/C19H14N6O4S/c1-11-17(22-21-13-5-7-15(26)8-6-13)18(27)24(23-11)19-20-16(10-30-19)12-3-2-4-14(9-12)25(28)29/h2-10,17,26H,1H3. The highest BCUT2D eigenvalue weighted by atomic mass is 32.1. The Morgan fingerprint density at radius 3 is 2.73 bits per heavy atom. The minimum atomic E-state index is -0.871. The molecular weight excluding hydrogens is 408 g/mol. The highest BCUT2D eigenvalue weighted by Crippen LogP contribution is 2.32. The number of phenolic OH excluding ortho intramolecular Hbond substituents is 1. The zero-order chi connectivity index (χ0) is 21.3. The second-order valence-electron chi connectivity index (χ2n) is 6.35. The minimum Gasteiger partial charge on any atom is -0.508 e. The maximum Gasteiger partial charge on any atom is 0.282 e. The molecule has 1 aliphatic rings. The van der Waals surface area contributed by atoms with Gasteiger partial charge >= 0.3 is 0 Å². The molecule has 0 fully saturated rings. The van der Waals surface area contributed by atoms with Gasteiger partial charge < -0.3 is 5.11 Å². The van der Waals surface area contributed by atoms with Gasteiger partial charge in [-0.2, -0.15) is 20.3 Å². The first-order valence-corrected chi connectivity index (χ1v) is 9.59. The number of benzene rings is 2. The second kappa shape index (κ2) is 7.79.